The minimum atomic E-state index is -4.58. The number of pyridine rings is 1. The first kappa shape index (κ1) is 21.1. The van der Waals surface area contributed by atoms with Crippen LogP contribution in [0.3, 0.4) is 0 Å². The van der Waals surface area contributed by atoms with E-state index >= 15 is 0 Å². The van der Waals surface area contributed by atoms with Crippen molar-refractivity contribution in [3.8, 4) is 0 Å². The predicted molar refractivity (Wildman–Crippen MR) is 96.7 cm³/mol. The number of aromatic nitrogens is 3. The fourth-order valence-corrected chi connectivity index (χ4v) is 2.87. The van der Waals surface area contributed by atoms with Gasteiger partial charge in [-0.05, 0) is 31.4 Å². The van der Waals surface area contributed by atoms with Gasteiger partial charge in [0.25, 0.3) is 11.8 Å². The third-order valence-electron chi connectivity index (χ3n) is 4.05. The van der Waals surface area contributed by atoms with Crippen LogP contribution >= 0.6 is 11.6 Å². The van der Waals surface area contributed by atoms with Gasteiger partial charge in [0.1, 0.15) is 18.5 Å². The summed E-state index contributed by atoms with van der Waals surface area (Å²) in [7, 11) is 0. The third kappa shape index (κ3) is 5.67. The van der Waals surface area contributed by atoms with Crippen molar-refractivity contribution in [2.45, 2.75) is 31.7 Å². The summed E-state index contributed by atoms with van der Waals surface area (Å²) < 4.78 is 44.2. The molecule has 0 spiro atoms. The van der Waals surface area contributed by atoms with Crippen molar-refractivity contribution in [1.82, 2.24) is 20.1 Å². The number of alkyl halides is 3. The highest BCUT2D eigenvalue weighted by molar-refractivity contribution is 6.31. The van der Waals surface area contributed by atoms with E-state index in [1.165, 1.54) is 29.2 Å². The number of hydrogen-bond donors (Lipinski definition) is 2. The fraction of sp³-hybridized carbons (Fsp3) is 0.412. The van der Waals surface area contributed by atoms with Crippen molar-refractivity contribution in [3.63, 3.8) is 0 Å². The van der Waals surface area contributed by atoms with Crippen molar-refractivity contribution >= 4 is 29.1 Å². The van der Waals surface area contributed by atoms with Crippen molar-refractivity contribution < 1.29 is 27.5 Å². The summed E-state index contributed by atoms with van der Waals surface area (Å²) in [5.41, 5.74) is -0.453. The number of amides is 2. The number of nitrogens with zero attached hydrogens (tertiary/aromatic N) is 3. The summed E-state index contributed by atoms with van der Waals surface area (Å²) in [5, 5.41) is 8.53. The zero-order chi connectivity index (χ0) is 21.0. The lowest BCUT2D eigenvalue weighted by atomic mass is 10.2. The quantitative estimate of drug-likeness (QED) is 0.757. The van der Waals surface area contributed by atoms with Gasteiger partial charge < -0.3 is 15.4 Å². The Bertz CT molecular complexity index is 897. The molecule has 0 bridgehead atoms. The van der Waals surface area contributed by atoms with Gasteiger partial charge in [0.2, 0.25) is 0 Å². The van der Waals surface area contributed by atoms with Gasteiger partial charge in [0.15, 0.2) is 5.69 Å². The smallest absolute Gasteiger partial charge is 0.357 e. The van der Waals surface area contributed by atoms with Gasteiger partial charge >= 0.3 is 6.18 Å². The molecule has 0 radical (unpaired) electrons. The van der Waals surface area contributed by atoms with E-state index in [1.54, 1.807) is 5.32 Å². The average Bonchev–Trinajstić information content (AvgIpc) is 3.10. The maximum Gasteiger partial charge on any atom is 0.405 e. The van der Waals surface area contributed by atoms with Crippen LogP contribution < -0.4 is 10.6 Å². The molecule has 1 saturated heterocycles. The molecule has 156 valence electrons. The Hall–Kier alpha value is -2.66. The zero-order valence-corrected chi connectivity index (χ0v) is 15.8. The Morgan fingerprint density at radius 1 is 1.31 bits per heavy atom. The van der Waals surface area contributed by atoms with Crippen LogP contribution in [0.4, 0.5) is 18.9 Å². The standard InChI is InChI=1S/C17H17ClF3N5O3/c18-10-4-5-22-11(7-10)15(27)24-12-8-26(13-3-1-2-6-29-13)25-14(12)16(28)23-9-17(19,20)21/h4-5,7-8,13H,1-3,6,9H2,(H,23,28)(H,24,27). The Kier molecular flexibility index (Phi) is 6.38. The van der Waals surface area contributed by atoms with Gasteiger partial charge in [-0.3, -0.25) is 14.6 Å². The molecule has 2 aromatic rings. The normalized spacial score (nSPS) is 17.0. The van der Waals surface area contributed by atoms with E-state index < -0.39 is 30.8 Å². The number of carbonyl (C=O) groups excluding carboxylic acids is 2. The van der Waals surface area contributed by atoms with E-state index in [2.05, 4.69) is 15.4 Å². The zero-order valence-electron chi connectivity index (χ0n) is 15.0. The Balaban J connectivity index is 1.85. The highest BCUT2D eigenvalue weighted by Gasteiger charge is 2.30. The summed E-state index contributed by atoms with van der Waals surface area (Å²) in [6.07, 6.45) is -0.0237. The number of anilines is 1. The molecule has 1 atom stereocenters. The Labute approximate surface area is 168 Å². The summed E-state index contributed by atoms with van der Waals surface area (Å²) in [6.45, 7) is -1.03. The maximum absolute atomic E-state index is 12.4. The monoisotopic (exact) mass is 431 g/mol. The number of hydrogen-bond acceptors (Lipinski definition) is 5. The SMILES string of the molecule is O=C(Nc1cn(C2CCCCO2)nc1C(=O)NCC(F)(F)F)c1cc(Cl)ccn1. The van der Waals surface area contributed by atoms with E-state index in [-0.39, 0.29) is 22.1 Å². The molecule has 1 unspecified atom stereocenters. The lowest BCUT2D eigenvalue weighted by molar-refractivity contribution is -0.123. The molecular formula is C17H17ClF3N5O3. The van der Waals surface area contributed by atoms with Crippen LogP contribution in [0, 0.1) is 0 Å². The summed E-state index contributed by atoms with van der Waals surface area (Å²) >= 11 is 5.84. The molecule has 3 heterocycles. The summed E-state index contributed by atoms with van der Waals surface area (Å²) in [5.74, 6) is -1.77. The topological polar surface area (TPSA) is 98.1 Å². The van der Waals surface area contributed by atoms with Crippen molar-refractivity contribution in [1.29, 1.82) is 0 Å². The van der Waals surface area contributed by atoms with Crippen molar-refractivity contribution in [2.24, 2.45) is 0 Å². The van der Waals surface area contributed by atoms with Crippen molar-refractivity contribution in [2.75, 3.05) is 18.5 Å². The molecule has 0 aromatic carbocycles. The lowest BCUT2D eigenvalue weighted by Gasteiger charge is -2.22. The molecule has 1 aliphatic heterocycles. The van der Waals surface area contributed by atoms with Crippen LogP contribution in [-0.4, -0.2) is 45.9 Å². The van der Waals surface area contributed by atoms with Gasteiger partial charge in [-0.2, -0.15) is 18.3 Å². The number of ether oxygens (including phenoxy) is 1. The molecule has 1 fully saturated rings. The molecule has 0 saturated carbocycles. The highest BCUT2D eigenvalue weighted by atomic mass is 35.5. The minimum absolute atomic E-state index is 0.0270. The molecule has 3 rings (SSSR count). The highest BCUT2D eigenvalue weighted by Crippen LogP contribution is 2.25. The molecule has 8 nitrogen and oxygen atoms in total. The molecule has 1 aliphatic rings. The van der Waals surface area contributed by atoms with Gasteiger partial charge in [-0.15, -0.1) is 0 Å². The Morgan fingerprint density at radius 2 is 2.10 bits per heavy atom. The second-order valence-electron chi connectivity index (χ2n) is 6.30. The number of nitrogens with one attached hydrogen (secondary N) is 2. The van der Waals surface area contributed by atoms with Crippen LogP contribution in [0.5, 0.6) is 0 Å². The van der Waals surface area contributed by atoms with E-state index in [4.69, 9.17) is 16.3 Å². The largest absolute Gasteiger partial charge is 0.405 e. The second-order valence-corrected chi connectivity index (χ2v) is 6.74. The van der Waals surface area contributed by atoms with E-state index in [1.807, 2.05) is 0 Å². The molecule has 2 N–H and O–H groups in total. The predicted octanol–water partition coefficient (Wildman–Crippen LogP) is 3.18. The number of halogens is 4. The van der Waals surface area contributed by atoms with Crippen LogP contribution in [-0.2, 0) is 4.74 Å². The van der Waals surface area contributed by atoms with Crippen LogP contribution in [0.25, 0.3) is 0 Å². The second kappa shape index (κ2) is 8.78. The van der Waals surface area contributed by atoms with E-state index in [0.717, 1.165) is 12.8 Å². The van der Waals surface area contributed by atoms with Gasteiger partial charge in [0.05, 0.1) is 11.9 Å². The average molecular weight is 432 g/mol. The molecule has 2 amide bonds. The van der Waals surface area contributed by atoms with Crippen LogP contribution in [0.2, 0.25) is 5.02 Å². The lowest BCUT2D eigenvalue weighted by Crippen LogP contribution is -2.34. The molecule has 12 heteroatoms. The first-order valence-corrected chi connectivity index (χ1v) is 9.09. The summed E-state index contributed by atoms with van der Waals surface area (Å²) in [4.78, 5) is 28.6. The minimum Gasteiger partial charge on any atom is -0.357 e. The van der Waals surface area contributed by atoms with Crippen LogP contribution in [0.1, 0.15) is 46.5 Å². The van der Waals surface area contributed by atoms with Crippen molar-refractivity contribution in [3.05, 3.63) is 40.9 Å². The molecule has 0 aliphatic carbocycles. The summed E-state index contributed by atoms with van der Waals surface area (Å²) in [6, 6.07) is 2.79. The molecule has 2 aromatic heterocycles. The molecular weight excluding hydrogens is 415 g/mol. The van der Waals surface area contributed by atoms with E-state index in [0.29, 0.717) is 13.0 Å². The first-order chi connectivity index (χ1) is 13.7. The third-order valence-corrected chi connectivity index (χ3v) is 4.29. The fourth-order valence-electron chi connectivity index (χ4n) is 2.71. The number of carbonyl (C=O) groups is 2. The first-order valence-electron chi connectivity index (χ1n) is 8.71. The van der Waals surface area contributed by atoms with Crippen LogP contribution in [0.15, 0.2) is 24.5 Å². The molecule has 29 heavy (non-hydrogen) atoms. The van der Waals surface area contributed by atoms with Gasteiger partial charge in [-0.25, -0.2) is 4.68 Å². The van der Waals surface area contributed by atoms with E-state index in [9.17, 15) is 22.8 Å². The van der Waals surface area contributed by atoms with Gasteiger partial charge in [0, 0.05) is 17.8 Å². The number of rotatable bonds is 5. The maximum atomic E-state index is 12.4. The van der Waals surface area contributed by atoms with Gasteiger partial charge in [-0.1, -0.05) is 11.6 Å². The Morgan fingerprint density at radius 3 is 2.76 bits per heavy atom.